The molecule has 1 aromatic carbocycles. The Morgan fingerprint density at radius 1 is 1.33 bits per heavy atom. The molecule has 1 fully saturated rings. The Morgan fingerprint density at radius 3 is 2.50 bits per heavy atom. The lowest BCUT2D eigenvalue weighted by Crippen LogP contribution is -2.34. The van der Waals surface area contributed by atoms with Gasteiger partial charge in [0.25, 0.3) is 0 Å². The molecule has 18 heavy (non-hydrogen) atoms. The normalized spacial score (nSPS) is 17.7. The van der Waals surface area contributed by atoms with Gasteiger partial charge in [0.05, 0.1) is 5.69 Å². The summed E-state index contributed by atoms with van der Waals surface area (Å²) in [4.78, 5) is 0.231. The summed E-state index contributed by atoms with van der Waals surface area (Å²) in [6.45, 7) is 5.59. The van der Waals surface area contributed by atoms with Crippen LogP contribution in [0.1, 0.15) is 30.9 Å². The van der Waals surface area contributed by atoms with Gasteiger partial charge in [0.2, 0.25) is 10.0 Å². The van der Waals surface area contributed by atoms with Crippen molar-refractivity contribution < 1.29 is 8.42 Å². The van der Waals surface area contributed by atoms with E-state index in [4.69, 9.17) is 5.73 Å². The Balaban J connectivity index is 2.37. The van der Waals surface area contributed by atoms with Gasteiger partial charge in [0.15, 0.2) is 0 Å². The molecule has 0 aliphatic heterocycles. The predicted molar refractivity (Wildman–Crippen MR) is 72.8 cm³/mol. The van der Waals surface area contributed by atoms with E-state index in [1.54, 1.807) is 13.0 Å². The van der Waals surface area contributed by atoms with Crippen LogP contribution in [-0.4, -0.2) is 14.5 Å². The molecule has 0 bridgehead atoms. The van der Waals surface area contributed by atoms with Gasteiger partial charge in [-0.05, 0) is 56.7 Å². The molecule has 0 saturated heterocycles. The predicted octanol–water partition coefficient (Wildman–Crippen LogP) is 1.96. The molecular formula is C13H20N2O2S. The minimum atomic E-state index is -3.52. The molecule has 0 spiro atoms. The number of nitrogen functional groups attached to an aromatic ring is 1. The first-order valence-electron chi connectivity index (χ1n) is 6.21. The van der Waals surface area contributed by atoms with E-state index in [1.807, 2.05) is 19.9 Å². The maximum absolute atomic E-state index is 12.4. The van der Waals surface area contributed by atoms with Gasteiger partial charge in [-0.15, -0.1) is 0 Å². The van der Waals surface area contributed by atoms with Crippen LogP contribution in [0.2, 0.25) is 0 Å². The number of hydrogen-bond acceptors (Lipinski definition) is 3. The van der Waals surface area contributed by atoms with E-state index in [2.05, 4.69) is 4.72 Å². The fourth-order valence-electron chi connectivity index (χ4n) is 2.16. The van der Waals surface area contributed by atoms with Crippen molar-refractivity contribution in [3.8, 4) is 0 Å². The fraction of sp³-hybridized carbons (Fsp3) is 0.538. The first kappa shape index (κ1) is 13.4. The van der Waals surface area contributed by atoms with Crippen LogP contribution < -0.4 is 10.5 Å². The van der Waals surface area contributed by atoms with Gasteiger partial charge >= 0.3 is 0 Å². The number of hydrogen-bond donors (Lipinski definition) is 2. The summed E-state index contributed by atoms with van der Waals surface area (Å²) in [6.07, 6.45) is 2.21. The van der Waals surface area contributed by atoms with Crippen molar-refractivity contribution in [2.75, 3.05) is 5.73 Å². The van der Waals surface area contributed by atoms with Crippen LogP contribution in [0.5, 0.6) is 0 Å². The van der Waals surface area contributed by atoms with Gasteiger partial charge in [0.1, 0.15) is 4.90 Å². The zero-order chi connectivity index (χ0) is 13.5. The summed E-state index contributed by atoms with van der Waals surface area (Å²) >= 11 is 0. The van der Waals surface area contributed by atoms with Crippen molar-refractivity contribution in [3.63, 3.8) is 0 Å². The Bertz CT molecular complexity index is 563. The van der Waals surface area contributed by atoms with Crippen molar-refractivity contribution in [1.82, 2.24) is 4.72 Å². The van der Waals surface area contributed by atoms with Crippen molar-refractivity contribution in [2.45, 2.75) is 44.6 Å². The summed E-state index contributed by atoms with van der Waals surface area (Å²) in [7, 11) is -3.52. The van der Waals surface area contributed by atoms with Crippen molar-refractivity contribution in [2.24, 2.45) is 5.92 Å². The van der Waals surface area contributed by atoms with E-state index in [0.717, 1.165) is 24.0 Å². The maximum Gasteiger partial charge on any atom is 0.243 e. The van der Waals surface area contributed by atoms with Crippen LogP contribution in [0.3, 0.4) is 0 Å². The Hall–Kier alpha value is -1.07. The highest BCUT2D eigenvalue weighted by molar-refractivity contribution is 7.89. The lowest BCUT2D eigenvalue weighted by atomic mass is 10.1. The molecule has 0 heterocycles. The first-order valence-corrected chi connectivity index (χ1v) is 7.69. The molecule has 0 radical (unpaired) electrons. The molecular weight excluding hydrogens is 248 g/mol. The van der Waals surface area contributed by atoms with Gasteiger partial charge in [-0.2, -0.15) is 0 Å². The summed E-state index contributed by atoms with van der Waals surface area (Å²) in [5.74, 6) is 0.478. The largest absolute Gasteiger partial charge is 0.398 e. The Morgan fingerprint density at radius 2 is 1.94 bits per heavy atom. The highest BCUT2D eigenvalue weighted by atomic mass is 32.2. The molecule has 3 N–H and O–H groups in total. The Labute approximate surface area is 109 Å². The van der Waals surface area contributed by atoms with Crippen LogP contribution in [0, 0.1) is 19.8 Å². The second-order valence-electron chi connectivity index (χ2n) is 5.17. The number of rotatable bonds is 4. The summed E-state index contributed by atoms with van der Waals surface area (Å²) in [5.41, 5.74) is 7.80. The van der Waals surface area contributed by atoms with Crippen LogP contribution in [-0.2, 0) is 10.0 Å². The quantitative estimate of drug-likeness (QED) is 0.820. The number of aryl methyl sites for hydroxylation is 1. The zero-order valence-corrected chi connectivity index (χ0v) is 11.8. The number of nitrogens with two attached hydrogens (primary N) is 1. The summed E-state index contributed by atoms with van der Waals surface area (Å²) in [6, 6.07) is 3.47. The van der Waals surface area contributed by atoms with Gasteiger partial charge in [-0.3, -0.25) is 0 Å². The van der Waals surface area contributed by atoms with Gasteiger partial charge in [-0.25, -0.2) is 13.1 Å². The second-order valence-corrected chi connectivity index (χ2v) is 6.82. The number of nitrogens with one attached hydrogen (secondary N) is 1. The molecule has 1 aliphatic carbocycles. The minimum Gasteiger partial charge on any atom is -0.398 e. The van der Waals surface area contributed by atoms with Gasteiger partial charge in [-0.1, -0.05) is 6.07 Å². The summed E-state index contributed by atoms with van der Waals surface area (Å²) in [5, 5.41) is 0. The lowest BCUT2D eigenvalue weighted by Gasteiger charge is -2.17. The molecule has 1 aliphatic rings. The van der Waals surface area contributed by atoms with Crippen molar-refractivity contribution in [3.05, 3.63) is 23.3 Å². The molecule has 0 aromatic heterocycles. The average molecular weight is 268 g/mol. The van der Waals surface area contributed by atoms with E-state index in [-0.39, 0.29) is 10.9 Å². The smallest absolute Gasteiger partial charge is 0.243 e. The standard InChI is InChI=1S/C13H20N2O2S/c1-8-4-7-12(14)13(9(8)2)18(16,17)15-10(3)11-5-6-11/h4,7,10-11,15H,5-6,14H2,1-3H3. The topological polar surface area (TPSA) is 72.2 Å². The highest BCUT2D eigenvalue weighted by Crippen LogP contribution is 2.34. The van der Waals surface area contributed by atoms with E-state index in [0.29, 0.717) is 11.6 Å². The molecule has 1 saturated carbocycles. The lowest BCUT2D eigenvalue weighted by molar-refractivity contribution is 0.538. The van der Waals surface area contributed by atoms with E-state index in [1.165, 1.54) is 0 Å². The van der Waals surface area contributed by atoms with Crippen molar-refractivity contribution >= 4 is 15.7 Å². The highest BCUT2D eigenvalue weighted by Gasteiger charge is 2.32. The maximum atomic E-state index is 12.4. The number of anilines is 1. The monoisotopic (exact) mass is 268 g/mol. The van der Waals surface area contributed by atoms with Crippen LogP contribution in [0.25, 0.3) is 0 Å². The molecule has 4 nitrogen and oxygen atoms in total. The van der Waals surface area contributed by atoms with Gasteiger partial charge in [0, 0.05) is 6.04 Å². The zero-order valence-electron chi connectivity index (χ0n) is 11.0. The fourth-order valence-corrected chi connectivity index (χ4v) is 3.91. The van der Waals surface area contributed by atoms with Crippen LogP contribution >= 0.6 is 0 Å². The van der Waals surface area contributed by atoms with E-state index < -0.39 is 10.0 Å². The molecule has 1 unspecified atom stereocenters. The average Bonchev–Trinajstić information content (AvgIpc) is 3.06. The molecule has 2 rings (SSSR count). The SMILES string of the molecule is Cc1ccc(N)c(S(=O)(=O)NC(C)C2CC2)c1C. The number of benzene rings is 1. The van der Waals surface area contributed by atoms with Crippen molar-refractivity contribution in [1.29, 1.82) is 0 Å². The third-order valence-electron chi connectivity index (χ3n) is 3.65. The Kier molecular flexibility index (Phi) is 3.38. The first-order chi connectivity index (χ1) is 8.33. The molecule has 5 heteroatoms. The third-order valence-corrected chi connectivity index (χ3v) is 5.41. The molecule has 1 atom stereocenters. The van der Waals surface area contributed by atoms with Crippen LogP contribution in [0.4, 0.5) is 5.69 Å². The molecule has 1 aromatic rings. The van der Waals surface area contributed by atoms with Gasteiger partial charge < -0.3 is 5.73 Å². The minimum absolute atomic E-state index is 0.0192. The second kappa shape index (κ2) is 4.55. The van der Waals surface area contributed by atoms with Crippen LogP contribution in [0.15, 0.2) is 17.0 Å². The molecule has 0 amide bonds. The number of sulfonamides is 1. The van der Waals surface area contributed by atoms with E-state index >= 15 is 0 Å². The van der Waals surface area contributed by atoms with E-state index in [9.17, 15) is 8.42 Å². The molecule has 100 valence electrons. The summed E-state index contributed by atoms with van der Waals surface area (Å²) < 4.78 is 27.5. The third kappa shape index (κ3) is 2.52.